The predicted molar refractivity (Wildman–Crippen MR) is 133 cm³/mol. The summed E-state index contributed by atoms with van der Waals surface area (Å²) in [6, 6.07) is 13.1. The number of nitrogens with one attached hydrogen (secondary N) is 2. The molecule has 0 aliphatic carbocycles. The number of hydrogen-bond donors (Lipinski definition) is 2. The molecule has 5 rings (SSSR count). The van der Waals surface area contributed by atoms with Crippen LogP contribution in [0.15, 0.2) is 42.5 Å². The number of rotatable bonds is 6. The molecular weight excluding hydrogens is 448 g/mol. The van der Waals surface area contributed by atoms with E-state index in [1.54, 1.807) is 12.1 Å². The lowest BCUT2D eigenvalue weighted by atomic mass is 9.94. The fraction of sp³-hybridized carbons (Fsp3) is 0.462. The Morgan fingerprint density at radius 2 is 1.57 bits per heavy atom. The summed E-state index contributed by atoms with van der Waals surface area (Å²) >= 11 is 0. The third kappa shape index (κ3) is 5.52. The molecule has 2 aromatic rings. The van der Waals surface area contributed by atoms with Crippen molar-refractivity contribution in [3.8, 4) is 11.5 Å². The molecule has 0 bridgehead atoms. The molecule has 0 unspecified atom stereocenters. The van der Waals surface area contributed by atoms with Gasteiger partial charge < -0.3 is 29.7 Å². The van der Waals surface area contributed by atoms with E-state index in [1.165, 1.54) is 0 Å². The van der Waals surface area contributed by atoms with Gasteiger partial charge in [0.2, 0.25) is 18.6 Å². The maximum Gasteiger partial charge on any atom is 0.241 e. The molecule has 2 aromatic carbocycles. The Hall–Kier alpha value is -3.30. The van der Waals surface area contributed by atoms with E-state index in [9.17, 15) is 9.59 Å². The van der Waals surface area contributed by atoms with Crippen molar-refractivity contribution in [3.05, 3.63) is 42.5 Å². The average molecular weight is 481 g/mol. The fourth-order valence-corrected chi connectivity index (χ4v) is 4.76. The number of carbonyl (C=O) groups is 2. The van der Waals surface area contributed by atoms with Crippen molar-refractivity contribution in [2.75, 3.05) is 61.7 Å². The van der Waals surface area contributed by atoms with Crippen LogP contribution in [0.1, 0.15) is 19.8 Å². The highest BCUT2D eigenvalue weighted by atomic mass is 16.7. The summed E-state index contributed by atoms with van der Waals surface area (Å²) in [4.78, 5) is 30.1. The molecule has 35 heavy (non-hydrogen) atoms. The van der Waals surface area contributed by atoms with Gasteiger partial charge in [0.05, 0.1) is 19.3 Å². The van der Waals surface area contributed by atoms with E-state index < -0.39 is 0 Å². The molecule has 9 nitrogen and oxygen atoms in total. The Balaban J connectivity index is 1.09. The highest BCUT2D eigenvalue weighted by Crippen LogP contribution is 2.34. The molecule has 0 radical (unpaired) electrons. The number of anilines is 3. The summed E-state index contributed by atoms with van der Waals surface area (Å²) in [5.41, 5.74) is 2.63. The van der Waals surface area contributed by atoms with E-state index in [0.717, 1.165) is 37.7 Å². The quantitative estimate of drug-likeness (QED) is 0.657. The number of likely N-dealkylation sites (tertiary alicyclic amines) is 1. The van der Waals surface area contributed by atoms with Crippen molar-refractivity contribution in [1.82, 2.24) is 4.90 Å². The first-order valence-corrected chi connectivity index (χ1v) is 12.2. The largest absolute Gasteiger partial charge is 0.454 e. The first-order valence-electron chi connectivity index (χ1n) is 12.2. The minimum Gasteiger partial charge on any atom is -0.454 e. The first-order chi connectivity index (χ1) is 17.1. The molecule has 3 aliphatic heterocycles. The maximum atomic E-state index is 12.9. The van der Waals surface area contributed by atoms with Gasteiger partial charge in [-0.2, -0.15) is 0 Å². The molecule has 2 fully saturated rings. The van der Waals surface area contributed by atoms with Crippen molar-refractivity contribution in [3.63, 3.8) is 0 Å². The maximum absolute atomic E-state index is 12.9. The second kappa shape index (κ2) is 10.5. The standard InChI is InChI=1S/C26H32N4O5/c1-18(25(31)27-20-2-5-22(6-3-20)30-12-14-33-15-13-30)29-10-8-19(9-11-29)26(32)28-21-4-7-23-24(16-21)35-17-34-23/h2-7,16,18-19H,8-15,17H2,1H3,(H,27,31)(H,28,32)/t18-/m1/s1. The van der Waals surface area contributed by atoms with Crippen LogP contribution < -0.4 is 25.0 Å². The van der Waals surface area contributed by atoms with Gasteiger partial charge >= 0.3 is 0 Å². The highest BCUT2D eigenvalue weighted by molar-refractivity contribution is 5.95. The number of benzene rings is 2. The topological polar surface area (TPSA) is 92.4 Å². The van der Waals surface area contributed by atoms with Gasteiger partial charge in [-0.1, -0.05) is 0 Å². The Labute approximate surface area is 205 Å². The monoisotopic (exact) mass is 480 g/mol. The minimum absolute atomic E-state index is 0.000905. The number of morpholine rings is 1. The van der Waals surface area contributed by atoms with Crippen LogP contribution in [0.3, 0.4) is 0 Å². The van der Waals surface area contributed by atoms with Crippen molar-refractivity contribution in [2.24, 2.45) is 5.92 Å². The summed E-state index contributed by atoms with van der Waals surface area (Å²) in [7, 11) is 0. The van der Waals surface area contributed by atoms with Crippen LogP contribution in [0, 0.1) is 5.92 Å². The summed E-state index contributed by atoms with van der Waals surface area (Å²) in [5, 5.41) is 6.02. The van der Waals surface area contributed by atoms with Crippen molar-refractivity contribution in [1.29, 1.82) is 0 Å². The number of ether oxygens (including phenoxy) is 3. The van der Waals surface area contributed by atoms with Crippen LogP contribution in [-0.4, -0.2) is 68.9 Å². The molecule has 186 valence electrons. The van der Waals surface area contributed by atoms with Gasteiger partial charge in [-0.15, -0.1) is 0 Å². The fourth-order valence-electron chi connectivity index (χ4n) is 4.76. The van der Waals surface area contributed by atoms with Gasteiger partial charge in [-0.3, -0.25) is 14.5 Å². The van der Waals surface area contributed by atoms with Crippen LogP contribution in [-0.2, 0) is 14.3 Å². The lowest BCUT2D eigenvalue weighted by molar-refractivity contribution is -0.123. The molecular formula is C26H32N4O5. The summed E-state index contributed by atoms with van der Waals surface area (Å²) < 4.78 is 16.1. The van der Waals surface area contributed by atoms with Gasteiger partial charge in [-0.05, 0) is 69.3 Å². The molecule has 2 saturated heterocycles. The average Bonchev–Trinajstić information content (AvgIpc) is 3.37. The number of hydrogen-bond acceptors (Lipinski definition) is 7. The van der Waals surface area contributed by atoms with Crippen molar-refractivity contribution >= 4 is 28.9 Å². The Morgan fingerprint density at radius 3 is 2.31 bits per heavy atom. The summed E-state index contributed by atoms with van der Waals surface area (Å²) in [6.45, 7) is 6.77. The molecule has 9 heteroatoms. The van der Waals surface area contributed by atoms with Gasteiger partial charge in [0.15, 0.2) is 11.5 Å². The highest BCUT2D eigenvalue weighted by Gasteiger charge is 2.30. The lowest BCUT2D eigenvalue weighted by Gasteiger charge is -2.34. The Kier molecular flexibility index (Phi) is 7.06. The van der Waals surface area contributed by atoms with Crippen LogP contribution >= 0.6 is 0 Å². The van der Waals surface area contributed by atoms with Gasteiger partial charge in [0.1, 0.15) is 0 Å². The van der Waals surface area contributed by atoms with Crippen LogP contribution in [0.4, 0.5) is 17.1 Å². The van der Waals surface area contributed by atoms with Crippen molar-refractivity contribution < 1.29 is 23.8 Å². The molecule has 3 aliphatic rings. The molecule has 0 aromatic heterocycles. The van der Waals surface area contributed by atoms with Crippen LogP contribution in [0.2, 0.25) is 0 Å². The SMILES string of the molecule is C[C@H](C(=O)Nc1ccc(N2CCOCC2)cc1)N1CCC(C(=O)Nc2ccc3c(c2)OCO3)CC1. The van der Waals surface area contributed by atoms with E-state index >= 15 is 0 Å². The smallest absolute Gasteiger partial charge is 0.241 e. The van der Waals surface area contributed by atoms with Crippen molar-refractivity contribution in [2.45, 2.75) is 25.8 Å². The normalized spacial score (nSPS) is 19.3. The third-order valence-electron chi connectivity index (χ3n) is 6.98. The molecule has 1 atom stereocenters. The molecule has 0 saturated carbocycles. The first kappa shape index (κ1) is 23.4. The van der Waals surface area contributed by atoms with E-state index in [1.807, 2.05) is 37.3 Å². The third-order valence-corrected chi connectivity index (χ3v) is 6.98. The molecule has 2 amide bonds. The number of amides is 2. The Bertz CT molecular complexity index is 1050. The zero-order chi connectivity index (χ0) is 24.2. The second-order valence-corrected chi connectivity index (χ2v) is 9.18. The van der Waals surface area contributed by atoms with Crippen LogP contribution in [0.25, 0.3) is 0 Å². The van der Waals surface area contributed by atoms with Crippen LogP contribution in [0.5, 0.6) is 11.5 Å². The zero-order valence-electron chi connectivity index (χ0n) is 20.0. The van der Waals surface area contributed by atoms with Gasteiger partial charge in [-0.25, -0.2) is 0 Å². The zero-order valence-corrected chi connectivity index (χ0v) is 20.0. The molecule has 0 spiro atoms. The van der Waals surface area contributed by atoms with E-state index in [4.69, 9.17) is 14.2 Å². The number of carbonyl (C=O) groups excluding carboxylic acids is 2. The summed E-state index contributed by atoms with van der Waals surface area (Å²) in [5.74, 6) is 1.22. The van der Waals surface area contributed by atoms with E-state index in [0.29, 0.717) is 43.1 Å². The number of nitrogens with zero attached hydrogens (tertiary/aromatic N) is 2. The lowest BCUT2D eigenvalue weighted by Crippen LogP contribution is -2.47. The number of fused-ring (bicyclic) bond motifs is 1. The van der Waals surface area contributed by atoms with E-state index in [-0.39, 0.29) is 30.6 Å². The Morgan fingerprint density at radius 1 is 0.886 bits per heavy atom. The molecule has 3 heterocycles. The summed E-state index contributed by atoms with van der Waals surface area (Å²) in [6.07, 6.45) is 1.42. The predicted octanol–water partition coefficient (Wildman–Crippen LogP) is 2.93. The molecule has 2 N–H and O–H groups in total. The van der Waals surface area contributed by atoms with Gasteiger partial charge in [0.25, 0.3) is 0 Å². The van der Waals surface area contributed by atoms with E-state index in [2.05, 4.69) is 20.4 Å². The van der Waals surface area contributed by atoms with Gasteiger partial charge in [0, 0.05) is 42.1 Å². The second-order valence-electron chi connectivity index (χ2n) is 9.18. The number of piperidine rings is 1. The minimum atomic E-state index is -0.271.